The molecule has 0 N–H and O–H groups in total. The molecular formula is C29H32ClN7O8. The summed E-state index contributed by atoms with van der Waals surface area (Å²) < 4.78 is 50.4. The summed E-state index contributed by atoms with van der Waals surface area (Å²) in [6, 6.07) is 10.1. The zero-order valence-electron chi connectivity index (χ0n) is 24.8. The maximum absolute atomic E-state index is 11.8. The number of hydrogen-bond acceptors (Lipinski definition) is 12. The lowest BCUT2D eigenvalue weighted by Gasteiger charge is -2.29. The smallest absolute Gasteiger partial charge is 0.253 e. The molecule has 0 radical (unpaired) electrons. The summed E-state index contributed by atoms with van der Waals surface area (Å²) in [7, 11) is -0.938. The number of amides is 2. The van der Waals surface area contributed by atoms with Crippen molar-refractivity contribution >= 4 is 28.6 Å². The largest absolute Gasteiger partial charge is 0.491 e. The highest BCUT2D eigenvalue weighted by Crippen LogP contribution is 2.35. The molecule has 0 unspecified atom stereocenters. The lowest BCUT2D eigenvalue weighted by molar-refractivity contribution is -2.00. The van der Waals surface area contributed by atoms with Crippen LogP contribution in [0.1, 0.15) is 31.4 Å². The molecule has 4 aliphatic rings. The van der Waals surface area contributed by atoms with Crippen molar-refractivity contribution in [3.63, 3.8) is 0 Å². The number of aromatic nitrogens is 4. The van der Waals surface area contributed by atoms with Gasteiger partial charge < -0.3 is 14.1 Å². The summed E-state index contributed by atoms with van der Waals surface area (Å²) in [6.45, 7) is 3.15. The Balaban J connectivity index is 0.000000743. The minimum Gasteiger partial charge on any atom is -0.491 e. The predicted molar refractivity (Wildman–Crippen MR) is 149 cm³/mol. The molecule has 0 saturated carbocycles. The van der Waals surface area contributed by atoms with Crippen LogP contribution in [0.25, 0.3) is 22.6 Å². The second-order valence-corrected chi connectivity index (χ2v) is 11.5. The number of benzene rings is 2. The minimum absolute atomic E-state index is 0.107. The molecule has 0 bridgehead atoms. The van der Waals surface area contributed by atoms with Crippen LogP contribution in [-0.4, -0.2) is 70.5 Å². The van der Waals surface area contributed by atoms with Gasteiger partial charge in [-0.05, 0) is 25.3 Å². The number of ether oxygens (including phenoxy) is 1. The maximum Gasteiger partial charge on any atom is 0.253 e. The Hall–Kier alpha value is -4.41. The van der Waals surface area contributed by atoms with Crippen molar-refractivity contribution in [2.24, 2.45) is 0 Å². The highest BCUT2D eigenvalue weighted by molar-refractivity contribution is 6.12. The molecule has 4 heterocycles. The molecule has 0 spiro atoms. The number of piperidine rings is 1. The van der Waals surface area contributed by atoms with Gasteiger partial charge in [-0.1, -0.05) is 5.21 Å². The normalized spacial score (nSPS) is 15.2. The number of carbonyl (C=O) groups excluding carboxylic acids is 2. The SMILES string of the molecule is C[N+](C)=c1ccc2nc3c(OCCCn4cc(CN5C(=O)C=CC5=O)nn4)cc(N4CCCCC4)cc3oc-2c1.[O-][Cl+3]([O-])([O-])[O-]. The lowest BCUT2D eigenvalue weighted by atomic mass is 10.1. The highest BCUT2D eigenvalue weighted by Gasteiger charge is 2.24. The van der Waals surface area contributed by atoms with E-state index >= 15 is 0 Å². The van der Waals surface area contributed by atoms with Crippen molar-refractivity contribution in [2.75, 3.05) is 38.7 Å². The van der Waals surface area contributed by atoms with Gasteiger partial charge in [0.25, 0.3) is 11.8 Å². The third kappa shape index (κ3) is 8.40. The monoisotopic (exact) mass is 641 g/mol. The predicted octanol–water partition coefficient (Wildman–Crippen LogP) is -2.32. The van der Waals surface area contributed by atoms with Gasteiger partial charge in [0.2, 0.25) is 5.36 Å². The Morgan fingerprint density at radius 3 is 2.40 bits per heavy atom. The first-order valence-electron chi connectivity index (χ1n) is 14.3. The molecule has 1 aromatic heterocycles. The molecule has 1 aliphatic carbocycles. The average Bonchev–Trinajstić information content (AvgIpc) is 3.58. The first kappa shape index (κ1) is 32.0. The molecule has 238 valence electrons. The number of halogens is 1. The van der Waals surface area contributed by atoms with E-state index in [0.29, 0.717) is 42.1 Å². The van der Waals surface area contributed by atoms with Gasteiger partial charge in [-0.3, -0.25) is 19.2 Å². The summed E-state index contributed by atoms with van der Waals surface area (Å²) in [5, 5.41) is 9.29. The van der Waals surface area contributed by atoms with E-state index in [4.69, 9.17) is 32.8 Å². The van der Waals surface area contributed by atoms with Gasteiger partial charge in [-0.25, -0.2) is 28.2 Å². The Morgan fingerprint density at radius 1 is 1.00 bits per heavy atom. The van der Waals surface area contributed by atoms with Gasteiger partial charge in [0.15, 0.2) is 17.1 Å². The number of fused-ring (bicyclic) bond motifs is 2. The maximum atomic E-state index is 11.8. The van der Waals surface area contributed by atoms with Crippen molar-refractivity contribution < 1.29 is 47.6 Å². The first-order chi connectivity index (χ1) is 21.4. The number of rotatable bonds is 8. The van der Waals surface area contributed by atoms with Crippen molar-refractivity contribution in [3.05, 3.63) is 59.7 Å². The highest BCUT2D eigenvalue weighted by atomic mass is 35.7. The summed E-state index contributed by atoms with van der Waals surface area (Å²) in [4.78, 5) is 32.0. The lowest BCUT2D eigenvalue weighted by Crippen LogP contribution is -2.68. The molecule has 1 fully saturated rings. The molecule has 15 nitrogen and oxygen atoms in total. The zero-order chi connectivity index (χ0) is 32.1. The van der Waals surface area contributed by atoms with Gasteiger partial charge >= 0.3 is 0 Å². The van der Waals surface area contributed by atoms with Crippen LogP contribution in [0.15, 0.2) is 53.1 Å². The van der Waals surface area contributed by atoms with Crippen LogP contribution in [0.2, 0.25) is 0 Å². The fourth-order valence-corrected chi connectivity index (χ4v) is 5.07. The Bertz CT molecular complexity index is 1730. The molecular weight excluding hydrogens is 610 g/mol. The number of carbonyl (C=O) groups is 2. The van der Waals surface area contributed by atoms with Crippen LogP contribution < -0.4 is 38.2 Å². The van der Waals surface area contributed by atoms with Crippen LogP contribution in [0.5, 0.6) is 5.75 Å². The molecule has 45 heavy (non-hydrogen) atoms. The number of hydrogen-bond donors (Lipinski definition) is 0. The van der Waals surface area contributed by atoms with Crippen molar-refractivity contribution in [3.8, 4) is 17.2 Å². The molecule has 16 heteroatoms. The Kier molecular flexibility index (Phi) is 9.74. The van der Waals surface area contributed by atoms with E-state index < -0.39 is 10.2 Å². The molecule has 0 atom stereocenters. The minimum atomic E-state index is -4.94. The van der Waals surface area contributed by atoms with E-state index in [1.165, 1.54) is 31.4 Å². The second-order valence-electron chi connectivity index (χ2n) is 10.7. The Labute approximate surface area is 260 Å². The van der Waals surface area contributed by atoms with E-state index in [-0.39, 0.29) is 18.4 Å². The van der Waals surface area contributed by atoms with Gasteiger partial charge in [-0.2, -0.15) is 0 Å². The quantitative estimate of drug-likeness (QED) is 0.0862. The van der Waals surface area contributed by atoms with Gasteiger partial charge in [0, 0.05) is 62.1 Å². The van der Waals surface area contributed by atoms with E-state index in [9.17, 15) is 9.59 Å². The van der Waals surface area contributed by atoms with Crippen LogP contribution in [-0.2, 0) is 22.7 Å². The average molecular weight is 642 g/mol. The molecule has 3 aliphatic heterocycles. The summed E-state index contributed by atoms with van der Waals surface area (Å²) in [5.41, 5.74) is 3.80. The fourth-order valence-electron chi connectivity index (χ4n) is 5.07. The van der Waals surface area contributed by atoms with Crippen LogP contribution in [0.3, 0.4) is 0 Å². The molecule has 1 aromatic carbocycles. The summed E-state index contributed by atoms with van der Waals surface area (Å²) in [6.07, 6.45) is 8.55. The van der Waals surface area contributed by atoms with Crippen molar-refractivity contribution in [1.82, 2.24) is 29.5 Å². The van der Waals surface area contributed by atoms with E-state index in [1.807, 2.05) is 36.9 Å². The number of anilines is 1. The molecule has 1 saturated heterocycles. The molecule has 2 amide bonds. The third-order valence-electron chi connectivity index (χ3n) is 7.25. The fraction of sp³-hybridized carbons (Fsp3) is 0.379. The Morgan fingerprint density at radius 2 is 1.71 bits per heavy atom. The van der Waals surface area contributed by atoms with Gasteiger partial charge in [0.1, 0.15) is 31.0 Å². The van der Waals surface area contributed by atoms with E-state index in [0.717, 1.165) is 40.5 Å². The van der Waals surface area contributed by atoms with Crippen molar-refractivity contribution in [1.29, 1.82) is 0 Å². The second kappa shape index (κ2) is 13.7. The summed E-state index contributed by atoms with van der Waals surface area (Å²) in [5.74, 6) is 0.755. The van der Waals surface area contributed by atoms with E-state index in [1.54, 1.807) is 10.9 Å². The van der Waals surface area contributed by atoms with Crippen LogP contribution in [0, 0.1) is 10.2 Å². The van der Waals surface area contributed by atoms with Crippen LogP contribution >= 0.6 is 0 Å². The topological polar surface area (TPSA) is 202 Å². The standard InChI is InChI=1S/C29H32N7O4.ClHO4/c1-33(2)21-7-8-23-24(15-21)40-26-17-22(34-11-4-3-5-12-34)16-25(29(26)30-23)39-14-6-13-35-18-20(31-32-35)19-36-27(37)9-10-28(36)38;2-1(3,4)5/h7-10,15-18H,3-6,11-14,19H2,1-2H3;(H,2,3,4,5)/q+1;/p-1. The number of imide groups is 1. The zero-order valence-corrected chi connectivity index (χ0v) is 25.5. The number of nitrogens with zero attached hydrogens (tertiary/aromatic N) is 7. The third-order valence-corrected chi connectivity index (χ3v) is 7.25. The molecule has 2 aromatic rings. The molecule has 6 rings (SSSR count). The van der Waals surface area contributed by atoms with Crippen molar-refractivity contribution in [2.45, 2.75) is 38.8 Å². The summed E-state index contributed by atoms with van der Waals surface area (Å²) >= 11 is 0. The van der Waals surface area contributed by atoms with E-state index in [2.05, 4.69) is 27.3 Å². The van der Waals surface area contributed by atoms with Gasteiger partial charge in [0.05, 0.1) is 25.4 Å². The number of aryl methyl sites for hydroxylation is 1. The van der Waals surface area contributed by atoms with Crippen LogP contribution in [0.4, 0.5) is 5.69 Å². The first-order valence-corrected chi connectivity index (χ1v) is 15.5. The van der Waals surface area contributed by atoms with Gasteiger partial charge in [-0.15, -0.1) is 15.3 Å².